The molecule has 168 valence electrons. The van der Waals surface area contributed by atoms with Crippen LogP contribution in [-0.2, 0) is 16.8 Å². The second-order valence-corrected chi connectivity index (χ2v) is 9.43. The van der Waals surface area contributed by atoms with Crippen molar-refractivity contribution in [2.75, 3.05) is 38.8 Å². The molecule has 4 rings (SSSR count). The molecule has 1 aromatic carbocycles. The standard InChI is InChI=1S/C11H14ClNOS.C11H16N4O/c12-9-7-8-1-6-14-11(10(8)15-9)2-4-13-5-3-11;1-14(2)11(16)9-3-5-10(6-4-9)15(13)8-7-12/h7,13H,1-6H2;3-8H,12-13H2,1-2H3/b;8-7-. The zero-order chi connectivity index (χ0) is 22.4. The van der Waals surface area contributed by atoms with Crippen LogP contribution in [0.25, 0.3) is 0 Å². The van der Waals surface area contributed by atoms with Gasteiger partial charge >= 0.3 is 0 Å². The average Bonchev–Trinajstić information content (AvgIpc) is 3.17. The van der Waals surface area contributed by atoms with E-state index in [-0.39, 0.29) is 11.5 Å². The van der Waals surface area contributed by atoms with Crippen molar-refractivity contribution in [1.82, 2.24) is 10.2 Å². The summed E-state index contributed by atoms with van der Waals surface area (Å²) in [5.41, 5.74) is 8.00. The summed E-state index contributed by atoms with van der Waals surface area (Å²) in [6.07, 6.45) is 6.06. The van der Waals surface area contributed by atoms with Gasteiger partial charge in [-0.2, -0.15) is 0 Å². The number of carbonyl (C=O) groups is 1. The number of fused-ring (bicyclic) bond motifs is 2. The predicted molar refractivity (Wildman–Crippen MR) is 127 cm³/mol. The Kier molecular flexibility index (Phi) is 7.96. The van der Waals surface area contributed by atoms with Crippen LogP contribution in [0.1, 0.15) is 33.6 Å². The number of carbonyl (C=O) groups excluding carboxylic acids is 1. The van der Waals surface area contributed by atoms with E-state index in [2.05, 4.69) is 11.4 Å². The number of nitrogens with one attached hydrogen (secondary N) is 1. The highest BCUT2D eigenvalue weighted by Crippen LogP contribution is 2.45. The number of hydrogen-bond donors (Lipinski definition) is 3. The molecule has 5 N–H and O–H groups in total. The first-order valence-electron chi connectivity index (χ1n) is 10.2. The predicted octanol–water partition coefficient (Wildman–Crippen LogP) is 3.05. The molecule has 0 atom stereocenters. The first-order chi connectivity index (χ1) is 14.9. The van der Waals surface area contributed by atoms with Crippen LogP contribution in [0, 0.1) is 0 Å². The number of thiophene rings is 1. The molecule has 1 spiro atoms. The van der Waals surface area contributed by atoms with Crippen LogP contribution in [0.2, 0.25) is 4.34 Å². The third kappa shape index (κ3) is 5.58. The normalized spacial score (nSPS) is 17.0. The Morgan fingerprint density at radius 2 is 1.94 bits per heavy atom. The maximum atomic E-state index is 11.6. The van der Waals surface area contributed by atoms with E-state index in [9.17, 15) is 4.79 Å². The van der Waals surface area contributed by atoms with Gasteiger partial charge < -0.3 is 20.7 Å². The number of nitrogens with zero attached hydrogens (tertiary/aromatic N) is 2. The highest BCUT2D eigenvalue weighted by molar-refractivity contribution is 7.16. The second kappa shape index (κ2) is 10.5. The van der Waals surface area contributed by atoms with E-state index in [0.717, 1.165) is 49.0 Å². The molecule has 1 saturated heterocycles. The van der Waals surface area contributed by atoms with Crippen LogP contribution >= 0.6 is 22.9 Å². The Morgan fingerprint density at radius 1 is 1.26 bits per heavy atom. The number of nitrogens with two attached hydrogens (primary N) is 2. The Hall–Kier alpha value is -2.10. The van der Waals surface area contributed by atoms with Gasteiger partial charge in [-0.3, -0.25) is 9.80 Å². The van der Waals surface area contributed by atoms with Crippen LogP contribution in [0.15, 0.2) is 42.7 Å². The summed E-state index contributed by atoms with van der Waals surface area (Å²) in [5, 5.41) is 4.76. The van der Waals surface area contributed by atoms with Gasteiger partial charge in [0.25, 0.3) is 5.91 Å². The number of hydrazine groups is 1. The summed E-state index contributed by atoms with van der Waals surface area (Å²) in [6, 6.07) is 9.09. The zero-order valence-electron chi connectivity index (χ0n) is 17.9. The number of ether oxygens (including phenoxy) is 1. The fourth-order valence-corrected chi connectivity index (χ4v) is 5.30. The first kappa shape index (κ1) is 23.6. The van der Waals surface area contributed by atoms with Gasteiger partial charge in [-0.25, -0.2) is 5.84 Å². The molecule has 0 aliphatic carbocycles. The van der Waals surface area contributed by atoms with Crippen LogP contribution in [0.3, 0.4) is 0 Å². The van der Waals surface area contributed by atoms with E-state index in [1.807, 2.05) is 0 Å². The quantitative estimate of drug-likeness (QED) is 0.478. The average molecular weight is 464 g/mol. The fourth-order valence-electron chi connectivity index (χ4n) is 3.80. The van der Waals surface area contributed by atoms with Gasteiger partial charge in [-0.1, -0.05) is 11.6 Å². The highest BCUT2D eigenvalue weighted by Gasteiger charge is 2.40. The van der Waals surface area contributed by atoms with E-state index >= 15 is 0 Å². The number of halogens is 1. The number of benzene rings is 1. The lowest BCUT2D eigenvalue weighted by molar-refractivity contribution is -0.0771. The topological polar surface area (TPSA) is 96.9 Å². The third-order valence-corrected chi connectivity index (χ3v) is 6.91. The molecule has 0 saturated carbocycles. The Labute approximate surface area is 192 Å². The molecule has 2 aliphatic rings. The first-order valence-corrected chi connectivity index (χ1v) is 11.4. The summed E-state index contributed by atoms with van der Waals surface area (Å²) in [5.74, 6) is 5.63. The summed E-state index contributed by atoms with van der Waals surface area (Å²) in [6.45, 7) is 2.95. The van der Waals surface area contributed by atoms with Crippen molar-refractivity contribution in [2.24, 2.45) is 11.6 Å². The minimum Gasteiger partial charge on any atom is -0.403 e. The molecular weight excluding hydrogens is 434 g/mol. The molecule has 3 heterocycles. The second-order valence-electron chi connectivity index (χ2n) is 7.74. The largest absolute Gasteiger partial charge is 0.403 e. The molecule has 9 heteroatoms. The fraction of sp³-hybridized carbons (Fsp3) is 0.409. The van der Waals surface area contributed by atoms with Crippen LogP contribution in [-0.4, -0.2) is 44.6 Å². The summed E-state index contributed by atoms with van der Waals surface area (Å²) in [7, 11) is 3.42. The van der Waals surface area contributed by atoms with Crippen molar-refractivity contribution in [3.63, 3.8) is 0 Å². The molecule has 1 aromatic heterocycles. The molecule has 1 fully saturated rings. The van der Waals surface area contributed by atoms with Crippen LogP contribution in [0.4, 0.5) is 5.69 Å². The SMILES string of the molecule is CN(C)C(=O)c1ccc(N(N)/C=C\N)cc1.Clc1cc2c(s1)C1(CCNCC1)OCC2. The summed E-state index contributed by atoms with van der Waals surface area (Å²) in [4.78, 5) is 14.5. The monoisotopic (exact) mass is 463 g/mol. The van der Waals surface area contributed by atoms with E-state index in [1.165, 1.54) is 32.7 Å². The smallest absolute Gasteiger partial charge is 0.253 e. The van der Waals surface area contributed by atoms with E-state index in [0.29, 0.717) is 5.56 Å². The Balaban J connectivity index is 0.000000176. The molecule has 0 bridgehead atoms. The van der Waals surface area contributed by atoms with Crippen molar-refractivity contribution >= 4 is 34.5 Å². The van der Waals surface area contributed by atoms with E-state index < -0.39 is 0 Å². The molecule has 7 nitrogen and oxygen atoms in total. The number of piperidine rings is 1. The Morgan fingerprint density at radius 3 is 2.55 bits per heavy atom. The highest BCUT2D eigenvalue weighted by atomic mass is 35.5. The molecular formula is C22H30ClN5O2S. The molecule has 0 unspecified atom stereocenters. The van der Waals surface area contributed by atoms with Gasteiger partial charge in [0.1, 0.15) is 5.60 Å². The third-order valence-electron chi connectivity index (χ3n) is 5.42. The Bertz CT molecular complexity index is 907. The maximum absolute atomic E-state index is 11.6. The zero-order valence-corrected chi connectivity index (χ0v) is 19.5. The van der Waals surface area contributed by atoms with Gasteiger partial charge in [0.15, 0.2) is 0 Å². The summed E-state index contributed by atoms with van der Waals surface area (Å²) < 4.78 is 6.96. The van der Waals surface area contributed by atoms with Gasteiger partial charge in [0.2, 0.25) is 0 Å². The van der Waals surface area contributed by atoms with Crippen molar-refractivity contribution < 1.29 is 9.53 Å². The van der Waals surface area contributed by atoms with Crippen LogP contribution in [0.5, 0.6) is 0 Å². The van der Waals surface area contributed by atoms with Crippen molar-refractivity contribution in [3.8, 4) is 0 Å². The minimum atomic E-state index is -0.0375. The van der Waals surface area contributed by atoms with Gasteiger partial charge in [0.05, 0.1) is 16.6 Å². The molecule has 2 aromatic rings. The van der Waals surface area contributed by atoms with E-state index in [1.54, 1.807) is 49.7 Å². The van der Waals surface area contributed by atoms with Crippen molar-refractivity contribution in [3.05, 3.63) is 63.1 Å². The lowest BCUT2D eigenvalue weighted by Crippen LogP contribution is -2.43. The van der Waals surface area contributed by atoms with E-state index in [4.69, 9.17) is 27.9 Å². The number of anilines is 1. The minimum absolute atomic E-state index is 0.0172. The van der Waals surface area contributed by atoms with Gasteiger partial charge in [-0.05, 0) is 68.2 Å². The van der Waals surface area contributed by atoms with Crippen LogP contribution < -0.4 is 21.9 Å². The lowest BCUT2D eigenvalue weighted by Gasteiger charge is -2.40. The maximum Gasteiger partial charge on any atom is 0.253 e. The number of hydrogen-bond acceptors (Lipinski definition) is 7. The summed E-state index contributed by atoms with van der Waals surface area (Å²) >= 11 is 7.81. The molecule has 31 heavy (non-hydrogen) atoms. The lowest BCUT2D eigenvalue weighted by atomic mass is 9.86. The molecule has 0 radical (unpaired) electrons. The van der Waals surface area contributed by atoms with Crippen molar-refractivity contribution in [2.45, 2.75) is 24.9 Å². The molecule has 1 amide bonds. The molecule has 2 aliphatic heterocycles. The van der Waals surface area contributed by atoms with Gasteiger partial charge in [0, 0.05) is 36.9 Å². The van der Waals surface area contributed by atoms with Crippen molar-refractivity contribution in [1.29, 1.82) is 0 Å². The van der Waals surface area contributed by atoms with Gasteiger partial charge in [-0.15, -0.1) is 11.3 Å². The number of rotatable bonds is 3. The number of amides is 1.